The van der Waals surface area contributed by atoms with E-state index < -0.39 is 5.97 Å². The van der Waals surface area contributed by atoms with E-state index in [1.807, 2.05) is 31.2 Å². The highest BCUT2D eigenvalue weighted by molar-refractivity contribution is 9.10. The van der Waals surface area contributed by atoms with Crippen LogP contribution in [0.4, 0.5) is 16.5 Å². The summed E-state index contributed by atoms with van der Waals surface area (Å²) in [7, 11) is 1.32. The van der Waals surface area contributed by atoms with Crippen LogP contribution in [0.1, 0.15) is 15.9 Å². The van der Waals surface area contributed by atoms with E-state index in [9.17, 15) is 9.59 Å². The number of amides is 1. The number of nitrogens with zero attached hydrogens (tertiary/aromatic N) is 2. The molecule has 0 aliphatic heterocycles. The summed E-state index contributed by atoms with van der Waals surface area (Å²) in [4.78, 5) is 24.0. The second-order valence-electron chi connectivity index (χ2n) is 5.87. The van der Waals surface area contributed by atoms with Crippen LogP contribution < -0.4 is 10.6 Å². The third-order valence-electron chi connectivity index (χ3n) is 3.74. The molecular formula is C19H17BrN4O3S2. The molecule has 3 rings (SSSR count). The number of esters is 1. The van der Waals surface area contributed by atoms with Crippen molar-refractivity contribution < 1.29 is 14.3 Å². The number of aryl methyl sites for hydroxylation is 1. The van der Waals surface area contributed by atoms with Crippen LogP contribution in [-0.2, 0) is 9.53 Å². The SMILES string of the molecule is COC(=O)c1ccc(C)c(NC(=O)CSc2nnc(Nc3cccc(Br)c3)s2)c1. The van der Waals surface area contributed by atoms with E-state index in [1.165, 1.54) is 30.2 Å². The van der Waals surface area contributed by atoms with Gasteiger partial charge in [-0.1, -0.05) is 51.2 Å². The lowest BCUT2D eigenvalue weighted by atomic mass is 10.1. The molecule has 0 saturated heterocycles. The fraction of sp³-hybridized carbons (Fsp3) is 0.158. The topological polar surface area (TPSA) is 93.2 Å². The fourth-order valence-electron chi connectivity index (χ4n) is 2.32. The van der Waals surface area contributed by atoms with Crippen molar-refractivity contribution in [2.45, 2.75) is 11.3 Å². The first-order chi connectivity index (χ1) is 13.9. The summed E-state index contributed by atoms with van der Waals surface area (Å²) in [5, 5.41) is 14.8. The van der Waals surface area contributed by atoms with E-state index in [0.29, 0.717) is 20.7 Å². The molecule has 0 unspecified atom stereocenters. The molecule has 0 fully saturated rings. The third-order valence-corrected chi connectivity index (χ3v) is 6.21. The van der Waals surface area contributed by atoms with Crippen molar-refractivity contribution >= 4 is 67.4 Å². The van der Waals surface area contributed by atoms with E-state index in [0.717, 1.165) is 15.7 Å². The lowest BCUT2D eigenvalue weighted by molar-refractivity contribution is -0.113. The van der Waals surface area contributed by atoms with Gasteiger partial charge in [-0.05, 0) is 42.8 Å². The third kappa shape index (κ3) is 6.02. The standard InChI is InChI=1S/C19H17BrN4O3S2/c1-11-6-7-12(17(26)27-2)8-15(11)22-16(25)10-28-19-24-23-18(29-19)21-14-5-3-4-13(20)9-14/h3-9H,10H2,1-2H3,(H,21,23)(H,22,25). The second-order valence-corrected chi connectivity index (χ2v) is 8.98. The molecule has 0 spiro atoms. The molecule has 2 aromatic carbocycles. The van der Waals surface area contributed by atoms with Crippen molar-refractivity contribution in [3.8, 4) is 0 Å². The zero-order valence-corrected chi connectivity index (χ0v) is 18.8. The van der Waals surface area contributed by atoms with Crippen LogP contribution >= 0.6 is 39.0 Å². The minimum absolute atomic E-state index is 0.174. The van der Waals surface area contributed by atoms with Crippen molar-refractivity contribution in [3.63, 3.8) is 0 Å². The molecule has 0 atom stereocenters. The van der Waals surface area contributed by atoms with Crippen LogP contribution in [0.3, 0.4) is 0 Å². The van der Waals surface area contributed by atoms with Crippen molar-refractivity contribution in [2.24, 2.45) is 0 Å². The molecule has 1 aromatic heterocycles. The Labute approximate surface area is 184 Å². The van der Waals surface area contributed by atoms with Gasteiger partial charge in [-0.15, -0.1) is 10.2 Å². The normalized spacial score (nSPS) is 10.4. The van der Waals surface area contributed by atoms with Gasteiger partial charge in [-0.25, -0.2) is 4.79 Å². The summed E-state index contributed by atoms with van der Waals surface area (Å²) in [5.41, 5.74) is 2.71. The molecule has 7 nitrogen and oxygen atoms in total. The molecule has 29 heavy (non-hydrogen) atoms. The lowest BCUT2D eigenvalue weighted by Crippen LogP contribution is -2.15. The molecule has 10 heteroatoms. The van der Waals surface area contributed by atoms with Gasteiger partial charge in [-0.3, -0.25) is 4.79 Å². The highest BCUT2D eigenvalue weighted by Gasteiger charge is 2.12. The number of ether oxygens (including phenoxy) is 1. The van der Waals surface area contributed by atoms with Gasteiger partial charge in [0.2, 0.25) is 11.0 Å². The number of anilines is 3. The van der Waals surface area contributed by atoms with Crippen molar-refractivity contribution in [2.75, 3.05) is 23.5 Å². The average Bonchev–Trinajstić information content (AvgIpc) is 3.15. The van der Waals surface area contributed by atoms with Crippen molar-refractivity contribution in [1.82, 2.24) is 10.2 Å². The van der Waals surface area contributed by atoms with Gasteiger partial charge in [0.15, 0.2) is 4.34 Å². The first-order valence-corrected chi connectivity index (χ1v) is 11.0. The highest BCUT2D eigenvalue weighted by Crippen LogP contribution is 2.28. The summed E-state index contributed by atoms with van der Waals surface area (Å²) < 4.78 is 6.36. The van der Waals surface area contributed by atoms with Gasteiger partial charge < -0.3 is 15.4 Å². The Morgan fingerprint density at radius 3 is 2.79 bits per heavy atom. The maximum atomic E-state index is 12.3. The van der Waals surface area contributed by atoms with Crippen molar-refractivity contribution in [1.29, 1.82) is 0 Å². The van der Waals surface area contributed by atoms with E-state index in [4.69, 9.17) is 4.74 Å². The monoisotopic (exact) mass is 492 g/mol. The summed E-state index contributed by atoms with van der Waals surface area (Å²) >= 11 is 6.09. The lowest BCUT2D eigenvalue weighted by Gasteiger charge is -2.09. The number of nitrogens with one attached hydrogen (secondary N) is 2. The summed E-state index contributed by atoms with van der Waals surface area (Å²) in [6, 6.07) is 12.8. The maximum Gasteiger partial charge on any atom is 0.337 e. The van der Waals surface area contributed by atoms with Gasteiger partial charge in [0.1, 0.15) is 0 Å². The average molecular weight is 493 g/mol. The molecule has 0 saturated carbocycles. The number of carbonyl (C=O) groups excluding carboxylic acids is 2. The van der Waals surface area contributed by atoms with E-state index in [1.54, 1.807) is 18.2 Å². The minimum Gasteiger partial charge on any atom is -0.465 e. The van der Waals surface area contributed by atoms with Gasteiger partial charge >= 0.3 is 5.97 Å². The van der Waals surface area contributed by atoms with E-state index in [-0.39, 0.29) is 11.7 Å². The predicted molar refractivity (Wildman–Crippen MR) is 119 cm³/mol. The summed E-state index contributed by atoms with van der Waals surface area (Å²) in [5.74, 6) is -0.473. The smallest absolute Gasteiger partial charge is 0.337 e. The van der Waals surface area contributed by atoms with Gasteiger partial charge in [0, 0.05) is 15.8 Å². The molecule has 1 amide bonds. The number of benzene rings is 2. The van der Waals surface area contributed by atoms with Crippen LogP contribution in [0.2, 0.25) is 0 Å². The molecule has 0 aliphatic rings. The molecule has 0 aliphatic carbocycles. The first-order valence-electron chi connectivity index (χ1n) is 8.42. The zero-order chi connectivity index (χ0) is 20.8. The first kappa shape index (κ1) is 21.3. The van der Waals surface area contributed by atoms with Crippen LogP contribution in [0.25, 0.3) is 0 Å². The van der Waals surface area contributed by atoms with E-state index >= 15 is 0 Å². The minimum atomic E-state index is -0.450. The number of halogens is 1. The number of thioether (sulfide) groups is 1. The Morgan fingerprint density at radius 1 is 1.21 bits per heavy atom. The predicted octanol–water partition coefficient (Wildman–Crippen LogP) is 4.87. The van der Waals surface area contributed by atoms with Gasteiger partial charge in [0.05, 0.1) is 18.4 Å². The Morgan fingerprint density at radius 2 is 2.03 bits per heavy atom. The van der Waals surface area contributed by atoms with Gasteiger partial charge in [0.25, 0.3) is 0 Å². The largest absolute Gasteiger partial charge is 0.465 e. The molecule has 2 N–H and O–H groups in total. The zero-order valence-electron chi connectivity index (χ0n) is 15.6. The van der Waals surface area contributed by atoms with E-state index in [2.05, 4.69) is 36.8 Å². The molecule has 1 heterocycles. The Hall–Kier alpha value is -2.43. The summed E-state index contributed by atoms with van der Waals surface area (Å²) in [6.07, 6.45) is 0. The molecule has 0 radical (unpaired) electrons. The number of carbonyl (C=O) groups is 2. The number of rotatable bonds is 7. The van der Waals surface area contributed by atoms with Crippen LogP contribution in [-0.4, -0.2) is 34.9 Å². The fourth-order valence-corrected chi connectivity index (χ4v) is 4.29. The molecule has 150 valence electrons. The maximum absolute atomic E-state index is 12.3. The highest BCUT2D eigenvalue weighted by atomic mass is 79.9. The molecular weight excluding hydrogens is 476 g/mol. The summed E-state index contributed by atoms with van der Waals surface area (Å²) in [6.45, 7) is 1.86. The Balaban J connectivity index is 1.56. The van der Waals surface area contributed by atoms with Crippen LogP contribution in [0.15, 0.2) is 51.3 Å². The second kappa shape index (κ2) is 9.86. The van der Waals surface area contributed by atoms with Crippen LogP contribution in [0, 0.1) is 6.92 Å². The van der Waals surface area contributed by atoms with Crippen molar-refractivity contribution in [3.05, 3.63) is 58.1 Å². The number of aromatic nitrogens is 2. The Bertz CT molecular complexity index is 1040. The van der Waals surface area contributed by atoms with Crippen LogP contribution in [0.5, 0.6) is 0 Å². The Kier molecular flexibility index (Phi) is 7.24. The number of methoxy groups -OCH3 is 1. The number of hydrogen-bond donors (Lipinski definition) is 2. The number of hydrogen-bond acceptors (Lipinski definition) is 8. The molecule has 0 bridgehead atoms. The molecule has 3 aromatic rings. The van der Waals surface area contributed by atoms with Gasteiger partial charge in [-0.2, -0.15) is 0 Å². The quantitative estimate of drug-likeness (QED) is 0.358.